The van der Waals surface area contributed by atoms with E-state index < -0.39 is 10.9 Å². The van der Waals surface area contributed by atoms with Crippen LogP contribution in [0.3, 0.4) is 0 Å². The molecule has 0 aliphatic carbocycles. The molecule has 1 atom stereocenters. The van der Waals surface area contributed by atoms with E-state index in [1.54, 1.807) is 14.0 Å². The van der Waals surface area contributed by atoms with E-state index in [2.05, 4.69) is 57.2 Å². The number of anilines is 2. The third-order valence-electron chi connectivity index (χ3n) is 12.7. The number of ether oxygens (including phenoxy) is 2. The Balaban J connectivity index is -0.000000873. The van der Waals surface area contributed by atoms with Crippen molar-refractivity contribution in [2.75, 3.05) is 51.5 Å². The molecule has 0 fully saturated rings. The summed E-state index contributed by atoms with van der Waals surface area (Å²) in [6.07, 6.45) is 45.9. The van der Waals surface area contributed by atoms with Crippen molar-refractivity contribution in [2.45, 2.75) is 299 Å². The second-order valence-corrected chi connectivity index (χ2v) is 19.4. The van der Waals surface area contributed by atoms with Gasteiger partial charge in [0.15, 0.2) is 0 Å². The molecule has 1 aromatic carbocycles. The maximum Gasteiger partial charge on any atom is 0.306 e. The number of esters is 1. The van der Waals surface area contributed by atoms with Crippen molar-refractivity contribution in [3.05, 3.63) is 20.4 Å². The minimum Gasteiger partial charge on any atom is -0.463 e. The average Bonchev–Trinajstić information content (AvgIpc) is 3.32. The third kappa shape index (κ3) is 48.6. The van der Waals surface area contributed by atoms with Gasteiger partial charge in [0, 0.05) is 33.5 Å². The van der Waals surface area contributed by atoms with Crippen LogP contribution in [0.25, 0.3) is 0 Å². The summed E-state index contributed by atoms with van der Waals surface area (Å²) in [7, 11) is 5.74. The normalized spacial score (nSPS) is 11.4. The number of hydrogen-bond donors (Lipinski definition) is 2. The number of carbonyl (C=O) groups is 2. The predicted molar refractivity (Wildman–Crippen MR) is 294 cm³/mol. The van der Waals surface area contributed by atoms with Crippen molar-refractivity contribution in [1.29, 1.82) is 0 Å². The molecule has 0 saturated heterocycles. The quantitative estimate of drug-likeness (QED) is 0.0375. The number of methoxy groups -OCH3 is 1. The molecule has 9 nitrogen and oxygen atoms in total. The Morgan fingerprint density at radius 2 is 0.896 bits per heavy atom. The van der Waals surface area contributed by atoms with Crippen LogP contribution >= 0.6 is 0 Å². The molecule has 1 rings (SSSR count). The molecule has 0 radical (unpaired) electrons. The SMILES string of the molecule is CCC(C)OC(=O)CCCCCCCN(C)CCCCCCCC(C)=O.CCCCCCCCC.CCCCCCCCC(CCCCCCCC)OC.CCCCNc1c(NC)c(=O)c1=O. The van der Waals surface area contributed by atoms with Gasteiger partial charge in [-0.1, -0.05) is 208 Å². The Kier molecular flexibility index (Phi) is 56.3. The molecule has 0 aromatic heterocycles. The standard InChI is InChI=1S/C22H43NO3.C18H38O.C9H14N2O2.C9H20/c1-5-21(3)26-22(25)17-13-9-7-11-15-19-23(4)18-14-10-6-8-12-16-20(2)24;1-4-6-8-10-12-14-16-18(19-3)17-15-13-11-9-7-5-2;1-3-4-5-11-7-6(10-2)8(12)9(7)13;1-3-5-7-9-8-6-4-2/h21H,5-19H2,1-4H3;18H,4-17H2,1-3H3;10-11H,3-5H2,1-2H3;3-9H2,1-2H3. The molecule has 1 unspecified atom stereocenters. The molecular formula is C58H115N3O6. The molecule has 0 aliphatic heterocycles. The summed E-state index contributed by atoms with van der Waals surface area (Å²) in [6.45, 7) is 19.9. The lowest BCUT2D eigenvalue weighted by Gasteiger charge is -2.16. The Hall–Kier alpha value is -2.26. The molecule has 1 aromatic rings. The first kappa shape index (κ1) is 69.0. The Morgan fingerprint density at radius 3 is 1.28 bits per heavy atom. The fourth-order valence-electron chi connectivity index (χ4n) is 7.85. The van der Waals surface area contributed by atoms with E-state index in [9.17, 15) is 19.2 Å². The van der Waals surface area contributed by atoms with Crippen LogP contribution in [-0.4, -0.2) is 69.7 Å². The molecular weight excluding hydrogens is 835 g/mol. The van der Waals surface area contributed by atoms with Gasteiger partial charge in [0.05, 0.1) is 12.2 Å². The van der Waals surface area contributed by atoms with E-state index in [-0.39, 0.29) is 12.1 Å². The number of nitrogens with one attached hydrogen (secondary N) is 2. The first-order chi connectivity index (χ1) is 32.4. The zero-order valence-corrected chi connectivity index (χ0v) is 46.6. The van der Waals surface area contributed by atoms with Crippen LogP contribution in [0.1, 0.15) is 287 Å². The predicted octanol–water partition coefficient (Wildman–Crippen LogP) is 16.3. The van der Waals surface area contributed by atoms with Crippen molar-refractivity contribution < 1.29 is 19.1 Å². The lowest BCUT2D eigenvalue weighted by molar-refractivity contribution is -0.148. The molecule has 398 valence electrons. The topological polar surface area (TPSA) is 114 Å². The molecule has 2 N–H and O–H groups in total. The van der Waals surface area contributed by atoms with E-state index in [4.69, 9.17) is 9.47 Å². The van der Waals surface area contributed by atoms with Crippen LogP contribution in [0.2, 0.25) is 0 Å². The van der Waals surface area contributed by atoms with Crippen molar-refractivity contribution >= 4 is 23.1 Å². The average molecular weight is 951 g/mol. The maximum atomic E-state index is 11.6. The number of Topliss-reactive ketones (excluding diaryl/α,β-unsaturated/α-hetero) is 1. The first-order valence-corrected chi connectivity index (χ1v) is 28.6. The molecule has 67 heavy (non-hydrogen) atoms. The Morgan fingerprint density at radius 1 is 0.522 bits per heavy atom. The van der Waals surface area contributed by atoms with Crippen LogP contribution in [0.15, 0.2) is 9.59 Å². The smallest absolute Gasteiger partial charge is 0.306 e. The summed E-state index contributed by atoms with van der Waals surface area (Å²) in [5.74, 6) is 0.274. The largest absolute Gasteiger partial charge is 0.463 e. The van der Waals surface area contributed by atoms with Gasteiger partial charge in [-0.2, -0.15) is 0 Å². The minimum atomic E-state index is -0.415. The second-order valence-electron chi connectivity index (χ2n) is 19.4. The zero-order valence-electron chi connectivity index (χ0n) is 46.6. The van der Waals surface area contributed by atoms with Gasteiger partial charge in [-0.25, -0.2) is 0 Å². The molecule has 0 heterocycles. The van der Waals surface area contributed by atoms with Gasteiger partial charge in [-0.3, -0.25) is 14.4 Å². The van der Waals surface area contributed by atoms with E-state index in [1.165, 1.54) is 193 Å². The highest BCUT2D eigenvalue weighted by molar-refractivity contribution is 5.75. The van der Waals surface area contributed by atoms with Gasteiger partial charge in [-0.05, 0) is 85.4 Å². The summed E-state index contributed by atoms with van der Waals surface area (Å²) in [5, 5.41) is 5.65. The summed E-state index contributed by atoms with van der Waals surface area (Å²) >= 11 is 0. The first-order valence-electron chi connectivity index (χ1n) is 28.6. The van der Waals surface area contributed by atoms with Crippen LogP contribution in [0, 0.1) is 0 Å². The fourth-order valence-corrected chi connectivity index (χ4v) is 7.85. The van der Waals surface area contributed by atoms with E-state index in [0.717, 1.165) is 51.5 Å². The lowest BCUT2D eigenvalue weighted by atomic mass is 10.0. The van der Waals surface area contributed by atoms with E-state index >= 15 is 0 Å². The Labute approximate surface area is 416 Å². The summed E-state index contributed by atoms with van der Waals surface area (Å²) < 4.78 is 10.9. The number of unbranched alkanes of at least 4 members (excludes halogenated alkanes) is 25. The fraction of sp³-hybridized carbons (Fsp3) is 0.897. The third-order valence-corrected chi connectivity index (χ3v) is 12.7. The number of nitrogens with zero attached hydrogens (tertiary/aromatic N) is 1. The minimum absolute atomic E-state index is 0.0413. The lowest BCUT2D eigenvalue weighted by Crippen LogP contribution is -2.36. The Bertz CT molecular complexity index is 1230. The molecule has 0 spiro atoms. The molecule has 0 amide bonds. The van der Waals surface area contributed by atoms with Gasteiger partial charge in [0.1, 0.15) is 17.2 Å². The van der Waals surface area contributed by atoms with Gasteiger partial charge in [-0.15, -0.1) is 0 Å². The van der Waals surface area contributed by atoms with Gasteiger partial charge in [0.25, 0.3) is 10.9 Å². The summed E-state index contributed by atoms with van der Waals surface area (Å²) in [5.41, 5.74) is 0.0454. The number of rotatable bonds is 44. The van der Waals surface area contributed by atoms with E-state index in [0.29, 0.717) is 29.7 Å². The molecule has 0 aliphatic rings. The van der Waals surface area contributed by atoms with Crippen molar-refractivity contribution in [1.82, 2.24) is 4.90 Å². The maximum absolute atomic E-state index is 11.6. The number of carbonyl (C=O) groups excluding carboxylic acids is 2. The van der Waals surface area contributed by atoms with Crippen molar-refractivity contribution in [3.63, 3.8) is 0 Å². The monoisotopic (exact) mass is 950 g/mol. The van der Waals surface area contributed by atoms with Gasteiger partial charge >= 0.3 is 5.97 Å². The number of hydrogen-bond acceptors (Lipinski definition) is 9. The highest BCUT2D eigenvalue weighted by Gasteiger charge is 2.18. The van der Waals surface area contributed by atoms with Crippen molar-refractivity contribution in [2.24, 2.45) is 0 Å². The highest BCUT2D eigenvalue weighted by atomic mass is 16.5. The highest BCUT2D eigenvalue weighted by Crippen LogP contribution is 2.17. The summed E-state index contributed by atoms with van der Waals surface area (Å²) in [4.78, 5) is 46.8. The van der Waals surface area contributed by atoms with Crippen LogP contribution in [-0.2, 0) is 19.1 Å². The van der Waals surface area contributed by atoms with Crippen LogP contribution in [0.5, 0.6) is 0 Å². The summed E-state index contributed by atoms with van der Waals surface area (Å²) in [6, 6.07) is 0. The molecule has 9 heteroatoms. The van der Waals surface area contributed by atoms with E-state index in [1.807, 2.05) is 21.0 Å². The zero-order chi connectivity index (χ0) is 50.6. The van der Waals surface area contributed by atoms with Crippen molar-refractivity contribution in [3.8, 4) is 0 Å². The van der Waals surface area contributed by atoms with Crippen LogP contribution < -0.4 is 21.5 Å². The molecule has 0 saturated carbocycles. The van der Waals surface area contributed by atoms with Crippen LogP contribution in [0.4, 0.5) is 11.4 Å². The van der Waals surface area contributed by atoms with Gasteiger partial charge in [0.2, 0.25) is 0 Å². The molecule has 0 bridgehead atoms. The number of ketones is 1. The second kappa shape index (κ2) is 54.7. The van der Waals surface area contributed by atoms with Gasteiger partial charge < -0.3 is 29.8 Å².